The molecule has 0 radical (unpaired) electrons. The summed E-state index contributed by atoms with van der Waals surface area (Å²) in [5, 5.41) is 1.90. The van der Waals surface area contributed by atoms with E-state index in [-0.39, 0.29) is 10.6 Å². The zero-order chi connectivity index (χ0) is 29.3. The van der Waals surface area contributed by atoms with E-state index in [2.05, 4.69) is 9.47 Å². The van der Waals surface area contributed by atoms with E-state index in [0.29, 0.717) is 12.1 Å². The first kappa shape index (κ1) is 31.5. The fourth-order valence-electron chi connectivity index (χ4n) is 2.33. The Bertz CT molecular complexity index is 1190. The van der Waals surface area contributed by atoms with Gasteiger partial charge in [-0.15, -0.1) is 0 Å². The van der Waals surface area contributed by atoms with Crippen molar-refractivity contribution in [3.63, 3.8) is 0 Å². The van der Waals surface area contributed by atoms with Gasteiger partial charge in [-0.1, -0.05) is 46.9 Å². The lowest BCUT2D eigenvalue weighted by molar-refractivity contribution is -0.459. The van der Waals surface area contributed by atoms with Gasteiger partial charge in [0.2, 0.25) is 0 Å². The quantitative estimate of drug-likeness (QED) is 0.295. The molecule has 2 aromatic rings. The van der Waals surface area contributed by atoms with Gasteiger partial charge in [-0.2, -0.15) is 39.5 Å². The number of anilines is 1. The third kappa shape index (κ3) is 7.03. The van der Waals surface area contributed by atoms with Crippen molar-refractivity contribution in [3.05, 3.63) is 57.0 Å². The fraction of sp³-hybridized carbons (Fsp3) is 0.263. The first-order valence-electron chi connectivity index (χ1n) is 9.26. The van der Waals surface area contributed by atoms with Crippen LogP contribution in [0.25, 0.3) is 0 Å². The van der Waals surface area contributed by atoms with E-state index in [1.54, 1.807) is 0 Å². The van der Waals surface area contributed by atoms with Crippen molar-refractivity contribution in [1.82, 2.24) is 5.32 Å². The van der Waals surface area contributed by atoms with Crippen LogP contribution in [0.15, 0.2) is 36.4 Å². The highest BCUT2D eigenvalue weighted by Gasteiger charge is 2.76. The van der Waals surface area contributed by atoms with E-state index in [1.165, 1.54) is 24.3 Å². The summed E-state index contributed by atoms with van der Waals surface area (Å²) in [5.74, 6) is -9.41. The van der Waals surface area contributed by atoms with Crippen LogP contribution in [0.5, 0.6) is 5.75 Å². The minimum Gasteiger partial charge on any atom is -0.425 e. The van der Waals surface area contributed by atoms with Gasteiger partial charge in [0.15, 0.2) is 5.75 Å². The number of amides is 3. The number of alkyl halides is 10. The molecule has 2 rings (SSSR count). The maximum atomic E-state index is 13.9. The molecular weight excluding hydrogens is 617 g/mol. The number of nitrogens with one attached hydrogen (secondary N) is 2. The van der Waals surface area contributed by atoms with Gasteiger partial charge in [-0.25, -0.2) is 9.18 Å². The Morgan fingerprint density at radius 3 is 1.87 bits per heavy atom. The molecule has 0 saturated heterocycles. The molecule has 0 aliphatic heterocycles. The lowest BCUT2D eigenvalue weighted by Crippen LogP contribution is -2.56. The Morgan fingerprint density at radius 2 is 1.37 bits per heavy atom. The summed E-state index contributed by atoms with van der Waals surface area (Å²) < 4.78 is 136. The Hall–Kier alpha value is -2.69. The maximum absolute atomic E-state index is 13.9. The largest absolute Gasteiger partial charge is 0.462 e. The SMILES string of the molecule is O=C(NC(=O)c1ccccc1Cl)Nc1cc(Cl)c(OC(F)(F)C(F)OC(F)(F)C(F)(F)C(F)(F)F)c(Cl)c1. The topological polar surface area (TPSA) is 76.7 Å². The molecule has 210 valence electrons. The van der Waals surface area contributed by atoms with Crippen molar-refractivity contribution in [2.45, 2.75) is 30.7 Å². The van der Waals surface area contributed by atoms with Crippen LogP contribution in [0.2, 0.25) is 15.1 Å². The summed E-state index contributed by atoms with van der Waals surface area (Å²) in [6, 6.07) is 5.58. The number of carbonyl (C=O) groups is 2. The van der Waals surface area contributed by atoms with Crippen LogP contribution in [0.1, 0.15) is 10.4 Å². The molecule has 0 heterocycles. The van der Waals surface area contributed by atoms with Gasteiger partial charge < -0.3 is 10.1 Å². The Morgan fingerprint density at radius 1 is 0.842 bits per heavy atom. The number of benzene rings is 2. The van der Waals surface area contributed by atoms with E-state index in [4.69, 9.17) is 34.8 Å². The molecule has 2 aromatic carbocycles. The number of imide groups is 1. The van der Waals surface area contributed by atoms with Crippen LogP contribution in [0.3, 0.4) is 0 Å². The van der Waals surface area contributed by atoms with Crippen molar-refractivity contribution in [3.8, 4) is 5.75 Å². The minimum absolute atomic E-state index is 0.0126. The molecule has 1 atom stereocenters. The lowest BCUT2D eigenvalue weighted by atomic mass is 10.2. The van der Waals surface area contributed by atoms with Crippen molar-refractivity contribution >= 4 is 52.4 Å². The van der Waals surface area contributed by atoms with E-state index in [9.17, 15) is 53.5 Å². The zero-order valence-corrected chi connectivity index (χ0v) is 19.9. The Labute approximate surface area is 219 Å². The van der Waals surface area contributed by atoms with Crippen LogP contribution < -0.4 is 15.4 Å². The van der Waals surface area contributed by atoms with Crippen molar-refractivity contribution < 1.29 is 63.0 Å². The van der Waals surface area contributed by atoms with Gasteiger partial charge in [0.25, 0.3) is 5.91 Å². The summed E-state index contributed by atoms with van der Waals surface area (Å²) >= 11 is 17.1. The Balaban J connectivity index is 2.15. The lowest BCUT2D eigenvalue weighted by Gasteiger charge is -2.30. The molecule has 3 amide bonds. The summed E-state index contributed by atoms with van der Waals surface area (Å²) in [4.78, 5) is 24.1. The molecule has 0 saturated carbocycles. The second-order valence-corrected chi connectivity index (χ2v) is 8.07. The highest BCUT2D eigenvalue weighted by Crippen LogP contribution is 2.49. The molecule has 0 bridgehead atoms. The van der Waals surface area contributed by atoms with Crippen LogP contribution >= 0.6 is 34.8 Å². The predicted octanol–water partition coefficient (Wildman–Crippen LogP) is 7.68. The van der Waals surface area contributed by atoms with Crippen molar-refractivity contribution in [2.24, 2.45) is 0 Å². The van der Waals surface area contributed by atoms with Crippen molar-refractivity contribution in [1.29, 1.82) is 0 Å². The average Bonchev–Trinajstić information content (AvgIpc) is 2.75. The number of rotatable bonds is 8. The molecule has 0 aromatic heterocycles. The monoisotopic (exact) mass is 624 g/mol. The average molecular weight is 626 g/mol. The van der Waals surface area contributed by atoms with Crippen LogP contribution in [-0.2, 0) is 4.74 Å². The molecule has 0 fully saturated rings. The summed E-state index contributed by atoms with van der Waals surface area (Å²) in [7, 11) is 0. The molecule has 0 aliphatic rings. The number of hydrogen-bond donors (Lipinski definition) is 2. The molecule has 0 spiro atoms. The Kier molecular flexibility index (Phi) is 9.29. The van der Waals surface area contributed by atoms with Gasteiger partial charge in [-0.05, 0) is 24.3 Å². The van der Waals surface area contributed by atoms with Crippen molar-refractivity contribution in [2.75, 3.05) is 5.32 Å². The molecule has 19 heteroatoms. The predicted molar refractivity (Wildman–Crippen MR) is 112 cm³/mol. The number of carbonyl (C=O) groups excluding carboxylic acids is 2. The van der Waals surface area contributed by atoms with E-state index in [0.717, 1.165) is 0 Å². The van der Waals surface area contributed by atoms with Crippen LogP contribution in [-0.4, -0.2) is 42.6 Å². The minimum atomic E-state index is -7.06. The molecule has 0 aliphatic carbocycles. The summed E-state index contributed by atoms with van der Waals surface area (Å²) in [5.41, 5.74) is -0.502. The third-order valence-corrected chi connectivity index (χ3v) is 4.97. The summed E-state index contributed by atoms with van der Waals surface area (Å²) in [6.07, 6.45) is -24.3. The smallest absolute Gasteiger partial charge is 0.425 e. The fourth-order valence-corrected chi connectivity index (χ4v) is 3.11. The van der Waals surface area contributed by atoms with Crippen LogP contribution in [0, 0.1) is 0 Å². The molecular formula is C19H9Cl3F10N2O4. The molecule has 1 unspecified atom stereocenters. The van der Waals surface area contributed by atoms with Gasteiger partial charge in [0.1, 0.15) is 0 Å². The van der Waals surface area contributed by atoms with Gasteiger partial charge in [0, 0.05) is 5.69 Å². The third-order valence-electron chi connectivity index (χ3n) is 4.08. The maximum Gasteiger partial charge on any atom is 0.462 e. The number of urea groups is 1. The van der Waals surface area contributed by atoms with Gasteiger partial charge >= 0.3 is 36.7 Å². The number of ether oxygens (including phenoxy) is 2. The van der Waals surface area contributed by atoms with Crippen LogP contribution in [0.4, 0.5) is 54.4 Å². The van der Waals surface area contributed by atoms with Gasteiger partial charge in [-0.3, -0.25) is 14.8 Å². The normalized spacial score (nSPS) is 13.6. The summed E-state index contributed by atoms with van der Waals surface area (Å²) in [6.45, 7) is 0. The second kappa shape index (κ2) is 11.2. The first-order chi connectivity index (χ1) is 17.2. The van der Waals surface area contributed by atoms with E-state index >= 15 is 0 Å². The second-order valence-electron chi connectivity index (χ2n) is 6.84. The van der Waals surface area contributed by atoms with E-state index < -0.39 is 64.1 Å². The molecule has 38 heavy (non-hydrogen) atoms. The standard InChI is InChI=1S/C19H9Cl3F10N2O4/c20-9-4-2-1-3-8(9)13(35)34-15(36)33-7-5-10(21)12(11(22)6-7)37-16(24,25)14(23)38-19(31,32)17(26,27)18(28,29)30/h1-6,14H,(H2,33,34,35,36). The zero-order valence-electron chi connectivity index (χ0n) is 17.6. The van der Waals surface area contributed by atoms with E-state index in [1.807, 2.05) is 10.6 Å². The van der Waals surface area contributed by atoms with Gasteiger partial charge in [0.05, 0.1) is 20.6 Å². The molecule has 2 N–H and O–H groups in total. The molecule has 6 nitrogen and oxygen atoms in total. The highest BCUT2D eigenvalue weighted by atomic mass is 35.5. The highest BCUT2D eigenvalue weighted by molar-refractivity contribution is 6.37. The first-order valence-corrected chi connectivity index (χ1v) is 10.4. The number of halogens is 13. The number of hydrogen-bond acceptors (Lipinski definition) is 4.